The Morgan fingerprint density at radius 1 is 0.962 bits per heavy atom. The van der Waals surface area contributed by atoms with Gasteiger partial charge in [0.25, 0.3) is 0 Å². The Morgan fingerprint density at radius 2 is 1.62 bits per heavy atom. The molecule has 5 heteroatoms. The van der Waals surface area contributed by atoms with E-state index in [0.717, 1.165) is 44.9 Å². The van der Waals surface area contributed by atoms with E-state index in [9.17, 15) is 9.59 Å². The van der Waals surface area contributed by atoms with Gasteiger partial charge in [-0.2, -0.15) is 0 Å². The molecule has 0 heterocycles. The molecule has 0 saturated heterocycles. The monoisotopic (exact) mass is 368 g/mol. The average molecular weight is 369 g/mol. The highest BCUT2D eigenvalue weighted by Gasteiger charge is 2.14. The van der Waals surface area contributed by atoms with Gasteiger partial charge in [0.2, 0.25) is 0 Å². The highest BCUT2D eigenvalue weighted by molar-refractivity contribution is 5.69. The van der Waals surface area contributed by atoms with Gasteiger partial charge in [0, 0.05) is 13.3 Å². The normalized spacial score (nSPS) is 12.6. The summed E-state index contributed by atoms with van der Waals surface area (Å²) in [7, 11) is 0. The molecule has 0 aliphatic carbocycles. The Hall–Kier alpha value is -1.62. The molecular formula is C21H36O5. The fourth-order valence-electron chi connectivity index (χ4n) is 2.31. The number of aliphatic hydroxyl groups excluding tert-OH is 1. The SMILES string of the molecule is CCC/C=C\C/C=C\CCCCCCCC(=O)OC(CO)COC(C)=O. The average Bonchev–Trinajstić information content (AvgIpc) is 2.62. The third-order valence-electron chi connectivity index (χ3n) is 3.79. The topological polar surface area (TPSA) is 72.8 Å². The summed E-state index contributed by atoms with van der Waals surface area (Å²) in [5, 5.41) is 9.09. The Bertz CT molecular complexity index is 415. The summed E-state index contributed by atoms with van der Waals surface area (Å²) in [6.07, 6.45) is 18.2. The van der Waals surface area contributed by atoms with Crippen molar-refractivity contribution in [2.24, 2.45) is 0 Å². The zero-order valence-electron chi connectivity index (χ0n) is 16.5. The second-order valence-corrected chi connectivity index (χ2v) is 6.37. The van der Waals surface area contributed by atoms with Gasteiger partial charge in [-0.3, -0.25) is 9.59 Å². The van der Waals surface area contributed by atoms with Crippen molar-refractivity contribution in [2.45, 2.75) is 84.2 Å². The molecule has 0 aromatic carbocycles. The summed E-state index contributed by atoms with van der Waals surface area (Å²) >= 11 is 0. The number of aliphatic hydroxyl groups is 1. The van der Waals surface area contributed by atoms with Gasteiger partial charge in [-0.15, -0.1) is 0 Å². The van der Waals surface area contributed by atoms with E-state index >= 15 is 0 Å². The number of rotatable bonds is 16. The molecule has 0 aliphatic heterocycles. The second-order valence-electron chi connectivity index (χ2n) is 6.37. The first kappa shape index (κ1) is 24.4. The van der Waals surface area contributed by atoms with Crippen LogP contribution in [0.25, 0.3) is 0 Å². The number of carbonyl (C=O) groups excluding carboxylic acids is 2. The summed E-state index contributed by atoms with van der Waals surface area (Å²) in [5.41, 5.74) is 0. The molecule has 0 aromatic heterocycles. The van der Waals surface area contributed by atoms with E-state index in [2.05, 4.69) is 31.2 Å². The number of ether oxygens (including phenoxy) is 2. The van der Waals surface area contributed by atoms with E-state index in [1.165, 1.54) is 19.8 Å². The molecule has 150 valence electrons. The molecule has 0 fully saturated rings. The summed E-state index contributed by atoms with van der Waals surface area (Å²) in [5.74, 6) is -0.808. The summed E-state index contributed by atoms with van der Waals surface area (Å²) < 4.78 is 9.81. The van der Waals surface area contributed by atoms with Crippen molar-refractivity contribution in [3.63, 3.8) is 0 Å². The third-order valence-corrected chi connectivity index (χ3v) is 3.79. The van der Waals surface area contributed by atoms with Crippen LogP contribution in [0.3, 0.4) is 0 Å². The van der Waals surface area contributed by atoms with Crippen LogP contribution in [0.4, 0.5) is 0 Å². The lowest BCUT2D eigenvalue weighted by Gasteiger charge is -2.15. The zero-order chi connectivity index (χ0) is 19.5. The van der Waals surface area contributed by atoms with Crippen molar-refractivity contribution >= 4 is 11.9 Å². The lowest BCUT2D eigenvalue weighted by Crippen LogP contribution is -2.28. The van der Waals surface area contributed by atoms with Crippen LogP contribution >= 0.6 is 0 Å². The van der Waals surface area contributed by atoms with Crippen molar-refractivity contribution in [1.29, 1.82) is 0 Å². The Labute approximate surface area is 158 Å². The first-order valence-electron chi connectivity index (χ1n) is 9.83. The van der Waals surface area contributed by atoms with Crippen LogP contribution in [0.5, 0.6) is 0 Å². The molecule has 5 nitrogen and oxygen atoms in total. The number of unbranched alkanes of at least 4 members (excludes halogenated alkanes) is 6. The minimum atomic E-state index is -0.769. The second kappa shape index (κ2) is 18.2. The standard InChI is InChI=1S/C21H36O5/c1-3-4-5-6-7-8-9-10-11-12-13-14-15-16-21(24)26-20(17-22)18-25-19(2)23/h5-6,8-9,20,22H,3-4,7,10-18H2,1-2H3/b6-5-,9-8-. The minimum Gasteiger partial charge on any atom is -0.462 e. The summed E-state index contributed by atoms with van der Waals surface area (Å²) in [6, 6.07) is 0. The van der Waals surface area contributed by atoms with Gasteiger partial charge in [0.1, 0.15) is 6.61 Å². The fraction of sp³-hybridized carbons (Fsp3) is 0.714. The molecule has 0 rings (SSSR count). The van der Waals surface area contributed by atoms with Gasteiger partial charge in [0.15, 0.2) is 6.10 Å². The Kier molecular flexibility index (Phi) is 17.0. The predicted molar refractivity (Wildman–Crippen MR) is 104 cm³/mol. The molecule has 0 radical (unpaired) electrons. The van der Waals surface area contributed by atoms with E-state index in [1.807, 2.05) is 0 Å². The Balaban J connectivity index is 3.52. The van der Waals surface area contributed by atoms with Crippen LogP contribution in [0.15, 0.2) is 24.3 Å². The van der Waals surface area contributed by atoms with Gasteiger partial charge in [-0.25, -0.2) is 0 Å². The first-order valence-corrected chi connectivity index (χ1v) is 9.83. The van der Waals surface area contributed by atoms with Crippen LogP contribution in [0.2, 0.25) is 0 Å². The lowest BCUT2D eigenvalue weighted by molar-refractivity contribution is -0.160. The minimum absolute atomic E-state index is 0.0977. The molecule has 0 saturated carbocycles. The highest BCUT2D eigenvalue weighted by Crippen LogP contribution is 2.09. The van der Waals surface area contributed by atoms with Crippen LogP contribution < -0.4 is 0 Å². The molecular weight excluding hydrogens is 332 g/mol. The van der Waals surface area contributed by atoms with Crippen molar-refractivity contribution in [3.8, 4) is 0 Å². The van der Waals surface area contributed by atoms with Gasteiger partial charge in [-0.05, 0) is 32.1 Å². The van der Waals surface area contributed by atoms with E-state index in [1.54, 1.807) is 0 Å². The van der Waals surface area contributed by atoms with Crippen LogP contribution in [0.1, 0.15) is 78.1 Å². The molecule has 1 N–H and O–H groups in total. The molecule has 0 amide bonds. The quantitative estimate of drug-likeness (QED) is 0.247. The molecule has 0 aromatic rings. The molecule has 1 atom stereocenters. The van der Waals surface area contributed by atoms with Gasteiger partial charge < -0.3 is 14.6 Å². The lowest BCUT2D eigenvalue weighted by atomic mass is 10.1. The predicted octanol–water partition coefficient (Wildman–Crippen LogP) is 4.49. The molecule has 26 heavy (non-hydrogen) atoms. The largest absolute Gasteiger partial charge is 0.462 e. The van der Waals surface area contributed by atoms with Crippen LogP contribution in [-0.4, -0.2) is 36.4 Å². The third kappa shape index (κ3) is 17.2. The number of carbonyl (C=O) groups is 2. The van der Waals surface area contributed by atoms with Crippen molar-refractivity contribution in [2.75, 3.05) is 13.2 Å². The maximum Gasteiger partial charge on any atom is 0.306 e. The molecule has 0 spiro atoms. The van der Waals surface area contributed by atoms with Crippen LogP contribution in [0, 0.1) is 0 Å². The maximum absolute atomic E-state index is 11.7. The smallest absolute Gasteiger partial charge is 0.306 e. The highest BCUT2D eigenvalue weighted by atomic mass is 16.6. The van der Waals surface area contributed by atoms with E-state index < -0.39 is 12.1 Å². The summed E-state index contributed by atoms with van der Waals surface area (Å²) in [4.78, 5) is 22.4. The van der Waals surface area contributed by atoms with E-state index in [0.29, 0.717) is 6.42 Å². The van der Waals surface area contributed by atoms with Crippen molar-refractivity contribution < 1.29 is 24.2 Å². The van der Waals surface area contributed by atoms with Crippen molar-refractivity contribution in [1.82, 2.24) is 0 Å². The zero-order valence-corrected chi connectivity index (χ0v) is 16.5. The van der Waals surface area contributed by atoms with Gasteiger partial charge >= 0.3 is 11.9 Å². The number of allylic oxidation sites excluding steroid dienone is 4. The number of esters is 2. The van der Waals surface area contributed by atoms with Crippen molar-refractivity contribution in [3.05, 3.63) is 24.3 Å². The Morgan fingerprint density at radius 3 is 2.27 bits per heavy atom. The maximum atomic E-state index is 11.7. The molecule has 1 unspecified atom stereocenters. The van der Waals surface area contributed by atoms with E-state index in [-0.39, 0.29) is 19.2 Å². The van der Waals surface area contributed by atoms with E-state index in [4.69, 9.17) is 14.6 Å². The van der Waals surface area contributed by atoms with Gasteiger partial charge in [-0.1, -0.05) is 56.9 Å². The number of hydrogen-bond donors (Lipinski definition) is 1. The fourth-order valence-corrected chi connectivity index (χ4v) is 2.31. The summed E-state index contributed by atoms with van der Waals surface area (Å²) in [6.45, 7) is 3.01. The number of hydrogen-bond acceptors (Lipinski definition) is 5. The molecule has 0 aliphatic rings. The van der Waals surface area contributed by atoms with Crippen LogP contribution in [-0.2, 0) is 19.1 Å². The van der Waals surface area contributed by atoms with Gasteiger partial charge in [0.05, 0.1) is 6.61 Å². The first-order chi connectivity index (χ1) is 12.6. The molecule has 0 bridgehead atoms.